The van der Waals surface area contributed by atoms with Gasteiger partial charge in [-0.1, -0.05) is 13.8 Å². The van der Waals surface area contributed by atoms with Crippen LogP contribution in [0.4, 0.5) is 9.18 Å². The zero-order valence-corrected chi connectivity index (χ0v) is 19.6. The number of amidine groups is 1. The third kappa shape index (κ3) is 6.30. The van der Waals surface area contributed by atoms with Crippen LogP contribution in [0.5, 0.6) is 5.75 Å². The Kier molecular flexibility index (Phi) is 8.66. The monoisotopic (exact) mass is 463 g/mol. The average molecular weight is 464 g/mol. The van der Waals surface area contributed by atoms with Gasteiger partial charge in [0.05, 0.1) is 4.91 Å². The molecule has 0 saturated carbocycles. The summed E-state index contributed by atoms with van der Waals surface area (Å²) in [5.41, 5.74) is 3.53. The number of nitrogens with one attached hydrogen (secondary N) is 1. The molecule has 2 amide bonds. The largest absolute Gasteiger partial charge is 0.415 e. The zero-order valence-electron chi connectivity index (χ0n) is 18.8. The molecule has 0 radical (unpaired) electrons. The third-order valence-electron chi connectivity index (χ3n) is 5.36. The number of rotatable bonds is 7. The molecule has 0 atom stereocenters. The van der Waals surface area contributed by atoms with Crippen LogP contribution in [0.25, 0.3) is 6.08 Å². The van der Waals surface area contributed by atoms with Crippen molar-refractivity contribution >= 4 is 35.0 Å². The number of aliphatic imine (C=N–C) groups is 1. The van der Waals surface area contributed by atoms with Crippen LogP contribution >= 0.6 is 11.8 Å². The van der Waals surface area contributed by atoms with E-state index >= 15 is 0 Å². The quantitative estimate of drug-likeness (QED) is 0.623. The Morgan fingerprint density at radius 3 is 2.78 bits per heavy atom. The molecule has 1 aromatic carbocycles. The molecule has 1 aromatic rings. The summed E-state index contributed by atoms with van der Waals surface area (Å²) in [7, 11) is 1.66. The molecule has 2 aliphatic rings. The third-order valence-corrected chi connectivity index (χ3v) is 6.37. The molecule has 0 bridgehead atoms. The predicted molar refractivity (Wildman–Crippen MR) is 125 cm³/mol. The van der Waals surface area contributed by atoms with Crippen LogP contribution in [0.1, 0.15) is 32.3 Å². The van der Waals surface area contributed by atoms with Gasteiger partial charge in [0.2, 0.25) is 0 Å². The molecule has 2 heterocycles. The van der Waals surface area contributed by atoms with Crippen LogP contribution in [0.2, 0.25) is 0 Å². The summed E-state index contributed by atoms with van der Waals surface area (Å²) in [6.45, 7) is 8.78. The lowest BCUT2D eigenvalue weighted by Gasteiger charge is -2.28. The van der Waals surface area contributed by atoms with Gasteiger partial charge in [0.25, 0.3) is 5.91 Å². The molecule has 0 spiro atoms. The number of nitrogens with zero attached hydrogens (tertiary/aromatic N) is 4. The van der Waals surface area contributed by atoms with E-state index in [1.165, 1.54) is 40.9 Å². The number of hydrazine groups is 1. The molecule has 0 aliphatic carbocycles. The van der Waals surface area contributed by atoms with Crippen molar-refractivity contribution in [1.82, 2.24) is 20.2 Å². The molecule has 0 unspecified atom stereocenters. The fraction of sp³-hybridized carbons (Fsp3) is 0.500. The van der Waals surface area contributed by atoms with Crippen molar-refractivity contribution in [3.63, 3.8) is 0 Å². The number of carbonyl (C=O) groups is 2. The van der Waals surface area contributed by atoms with Gasteiger partial charge in [-0.25, -0.2) is 14.6 Å². The highest BCUT2D eigenvalue weighted by molar-refractivity contribution is 8.18. The molecule has 3 rings (SSSR count). The minimum absolute atomic E-state index is 0.191. The Bertz CT molecular complexity index is 898. The van der Waals surface area contributed by atoms with Gasteiger partial charge in [0.15, 0.2) is 5.17 Å². The normalized spacial score (nSPS) is 17.8. The highest BCUT2D eigenvalue weighted by Gasteiger charge is 2.27. The number of hydrogen-bond acceptors (Lipinski definition) is 7. The highest BCUT2D eigenvalue weighted by atomic mass is 32.2. The topological polar surface area (TPSA) is 77.5 Å². The molecular weight excluding hydrogens is 433 g/mol. The van der Waals surface area contributed by atoms with Gasteiger partial charge in [-0.2, -0.15) is 4.99 Å². The van der Waals surface area contributed by atoms with E-state index in [-0.39, 0.29) is 5.75 Å². The Morgan fingerprint density at radius 1 is 1.31 bits per heavy atom. The van der Waals surface area contributed by atoms with Crippen LogP contribution in [0, 0.1) is 5.82 Å². The minimum atomic E-state index is -0.539. The number of likely N-dealkylation sites (N-methyl/N-ethyl adjacent to an activating group) is 2. The van der Waals surface area contributed by atoms with Crippen LogP contribution in [0.3, 0.4) is 0 Å². The number of halogens is 1. The summed E-state index contributed by atoms with van der Waals surface area (Å²) in [4.78, 5) is 33.1. The second-order valence-corrected chi connectivity index (χ2v) is 8.58. The van der Waals surface area contributed by atoms with E-state index in [0.29, 0.717) is 22.2 Å². The van der Waals surface area contributed by atoms with Crippen molar-refractivity contribution in [2.75, 3.05) is 46.3 Å². The van der Waals surface area contributed by atoms with Crippen LogP contribution in [-0.4, -0.2) is 78.3 Å². The van der Waals surface area contributed by atoms with E-state index in [1.54, 1.807) is 7.05 Å². The average Bonchev–Trinajstić information content (AvgIpc) is 3.16. The lowest BCUT2D eigenvalue weighted by Crippen LogP contribution is -2.45. The fourth-order valence-electron chi connectivity index (χ4n) is 3.33. The van der Waals surface area contributed by atoms with Gasteiger partial charge < -0.3 is 14.5 Å². The van der Waals surface area contributed by atoms with Gasteiger partial charge in [0.1, 0.15) is 11.6 Å². The van der Waals surface area contributed by atoms with Gasteiger partial charge in [0, 0.05) is 38.8 Å². The number of ether oxygens (including phenoxy) is 1. The summed E-state index contributed by atoms with van der Waals surface area (Å²) < 4.78 is 19.5. The van der Waals surface area contributed by atoms with Crippen molar-refractivity contribution in [3.8, 4) is 5.75 Å². The standard InChI is InChI=1S/C22H30FN5O3S/c1-4-27(5-2)13-12-26(3)22(30)31-18-9-8-17(23)14-16(18)15-19-20(29)25-21(32-19)28-11-7-6-10-24-28/h8-9,14-15,24H,4-7,10-13H2,1-3H3. The van der Waals surface area contributed by atoms with Crippen LogP contribution < -0.4 is 10.2 Å². The molecule has 1 N–H and O–H groups in total. The van der Waals surface area contributed by atoms with Crippen molar-refractivity contribution < 1.29 is 18.7 Å². The fourth-order valence-corrected chi connectivity index (χ4v) is 4.24. The van der Waals surface area contributed by atoms with Gasteiger partial charge in [-0.05, 0) is 62.0 Å². The first-order chi connectivity index (χ1) is 15.4. The van der Waals surface area contributed by atoms with Gasteiger partial charge in [-0.15, -0.1) is 0 Å². The van der Waals surface area contributed by atoms with Gasteiger partial charge >= 0.3 is 6.09 Å². The zero-order chi connectivity index (χ0) is 23.1. The molecule has 0 aromatic heterocycles. The van der Waals surface area contributed by atoms with Gasteiger partial charge in [-0.3, -0.25) is 9.80 Å². The highest BCUT2D eigenvalue weighted by Crippen LogP contribution is 2.33. The molecule has 1 saturated heterocycles. The van der Waals surface area contributed by atoms with Crippen molar-refractivity contribution in [3.05, 3.63) is 34.5 Å². The molecule has 8 nitrogen and oxygen atoms in total. The van der Waals surface area contributed by atoms with Crippen LogP contribution in [0.15, 0.2) is 28.1 Å². The first kappa shape index (κ1) is 24.2. The lowest BCUT2D eigenvalue weighted by molar-refractivity contribution is -0.113. The van der Waals surface area contributed by atoms with E-state index in [1.807, 2.05) is 5.01 Å². The molecule has 1 fully saturated rings. The Labute approximate surface area is 192 Å². The van der Waals surface area contributed by atoms with Crippen molar-refractivity contribution in [2.24, 2.45) is 4.99 Å². The number of amides is 2. The second-order valence-electron chi connectivity index (χ2n) is 7.58. The molecule has 2 aliphatic heterocycles. The molecule has 174 valence electrons. The Morgan fingerprint density at radius 2 is 2.09 bits per heavy atom. The Balaban J connectivity index is 1.70. The van der Waals surface area contributed by atoms with Crippen molar-refractivity contribution in [2.45, 2.75) is 26.7 Å². The SMILES string of the molecule is CCN(CC)CCN(C)C(=O)Oc1ccc(F)cc1C=C1SC(N2CCCCN2)=NC1=O. The number of carbonyl (C=O) groups excluding carboxylic acids is 2. The smallest absolute Gasteiger partial charge is 0.410 e. The summed E-state index contributed by atoms with van der Waals surface area (Å²) in [6.07, 6.45) is 3.08. The van der Waals surface area contributed by atoms with E-state index < -0.39 is 17.8 Å². The van der Waals surface area contributed by atoms with E-state index in [2.05, 4.69) is 29.2 Å². The predicted octanol–water partition coefficient (Wildman–Crippen LogP) is 3.17. The van der Waals surface area contributed by atoms with E-state index in [4.69, 9.17) is 4.74 Å². The summed E-state index contributed by atoms with van der Waals surface area (Å²) in [5, 5.41) is 2.44. The number of thioether (sulfide) groups is 1. The van der Waals surface area contributed by atoms with E-state index in [9.17, 15) is 14.0 Å². The van der Waals surface area contributed by atoms with E-state index in [0.717, 1.165) is 45.6 Å². The maximum Gasteiger partial charge on any atom is 0.415 e. The summed E-state index contributed by atoms with van der Waals surface area (Å²) >= 11 is 1.22. The van der Waals surface area contributed by atoms with Crippen molar-refractivity contribution in [1.29, 1.82) is 0 Å². The number of hydrogen-bond donors (Lipinski definition) is 1. The first-order valence-electron chi connectivity index (χ1n) is 10.9. The molecular formula is C22H30FN5O3S. The minimum Gasteiger partial charge on any atom is -0.410 e. The summed E-state index contributed by atoms with van der Waals surface area (Å²) in [5.74, 6) is -0.687. The summed E-state index contributed by atoms with van der Waals surface area (Å²) in [6, 6.07) is 3.87. The van der Waals surface area contributed by atoms with Crippen LogP contribution in [-0.2, 0) is 4.79 Å². The maximum atomic E-state index is 13.9. The molecule has 10 heteroatoms. The second kappa shape index (κ2) is 11.4. The number of benzene rings is 1. The maximum absolute atomic E-state index is 13.9. The first-order valence-corrected chi connectivity index (χ1v) is 11.7. The Hall–Kier alpha value is -2.43. The molecule has 32 heavy (non-hydrogen) atoms. The lowest BCUT2D eigenvalue weighted by atomic mass is 10.2.